The molecule has 1 aromatic rings. The van der Waals surface area contributed by atoms with E-state index in [1.807, 2.05) is 0 Å². The minimum atomic E-state index is -0.800. The molecule has 6 heteroatoms. The molecule has 2 rings (SSSR count). The standard InChI is InChI=1S/C11H14F2N2.2ClH/c12-10-2-1-9(7-11(10)13)15-8-3-5-14-6-4-8;;/h1-2,7-8,14-15H,3-6H2;2*1H. The predicted molar refractivity (Wildman–Crippen MR) is 70.4 cm³/mol. The van der Waals surface area contributed by atoms with Gasteiger partial charge in [-0.2, -0.15) is 0 Å². The van der Waals surface area contributed by atoms with E-state index >= 15 is 0 Å². The van der Waals surface area contributed by atoms with Gasteiger partial charge in [0, 0.05) is 17.8 Å². The van der Waals surface area contributed by atoms with Crippen LogP contribution in [-0.2, 0) is 0 Å². The fraction of sp³-hybridized carbons (Fsp3) is 0.455. The van der Waals surface area contributed by atoms with Crippen LogP contribution in [0.4, 0.5) is 14.5 Å². The average molecular weight is 285 g/mol. The van der Waals surface area contributed by atoms with Gasteiger partial charge in [0.1, 0.15) is 0 Å². The first-order chi connectivity index (χ1) is 7.25. The molecular weight excluding hydrogens is 269 g/mol. The van der Waals surface area contributed by atoms with Crippen LogP contribution in [0, 0.1) is 11.6 Å². The van der Waals surface area contributed by atoms with Crippen LogP contribution in [0.15, 0.2) is 18.2 Å². The average Bonchev–Trinajstić information content (AvgIpc) is 2.25. The molecule has 1 saturated heterocycles. The molecule has 0 bridgehead atoms. The minimum Gasteiger partial charge on any atom is -0.382 e. The lowest BCUT2D eigenvalue weighted by Gasteiger charge is -2.24. The fourth-order valence-corrected chi connectivity index (χ4v) is 1.79. The second-order valence-electron chi connectivity index (χ2n) is 3.80. The molecule has 0 saturated carbocycles. The summed E-state index contributed by atoms with van der Waals surface area (Å²) in [6, 6.07) is 4.28. The molecular formula is C11H16Cl2F2N2. The minimum absolute atomic E-state index is 0. The Balaban J connectivity index is 0.00000128. The topological polar surface area (TPSA) is 24.1 Å². The third-order valence-corrected chi connectivity index (χ3v) is 2.63. The predicted octanol–water partition coefficient (Wildman–Crippen LogP) is 2.97. The molecule has 1 aliphatic heterocycles. The third kappa shape index (κ3) is 4.66. The maximum Gasteiger partial charge on any atom is 0.160 e. The van der Waals surface area contributed by atoms with Crippen molar-refractivity contribution in [3.63, 3.8) is 0 Å². The maximum atomic E-state index is 12.9. The monoisotopic (exact) mass is 284 g/mol. The van der Waals surface area contributed by atoms with E-state index in [0.717, 1.165) is 32.0 Å². The smallest absolute Gasteiger partial charge is 0.160 e. The van der Waals surface area contributed by atoms with Gasteiger partial charge in [0.15, 0.2) is 11.6 Å². The largest absolute Gasteiger partial charge is 0.382 e. The van der Waals surface area contributed by atoms with Crippen LogP contribution in [0.5, 0.6) is 0 Å². The van der Waals surface area contributed by atoms with Gasteiger partial charge >= 0.3 is 0 Å². The lowest BCUT2D eigenvalue weighted by molar-refractivity contribution is 0.477. The summed E-state index contributed by atoms with van der Waals surface area (Å²) in [6.45, 7) is 1.95. The number of benzene rings is 1. The van der Waals surface area contributed by atoms with Crippen LogP contribution in [0.3, 0.4) is 0 Å². The van der Waals surface area contributed by atoms with Crippen molar-refractivity contribution in [2.24, 2.45) is 0 Å². The molecule has 0 aromatic heterocycles. The van der Waals surface area contributed by atoms with Crippen LogP contribution in [-0.4, -0.2) is 19.1 Å². The number of hydrogen-bond donors (Lipinski definition) is 2. The third-order valence-electron chi connectivity index (χ3n) is 2.63. The fourth-order valence-electron chi connectivity index (χ4n) is 1.79. The number of hydrogen-bond acceptors (Lipinski definition) is 2. The Morgan fingerprint density at radius 2 is 1.71 bits per heavy atom. The molecule has 0 atom stereocenters. The van der Waals surface area contributed by atoms with Gasteiger partial charge in [-0.25, -0.2) is 8.78 Å². The van der Waals surface area contributed by atoms with Crippen molar-refractivity contribution in [3.8, 4) is 0 Å². The van der Waals surface area contributed by atoms with Crippen molar-refractivity contribution in [2.75, 3.05) is 18.4 Å². The maximum absolute atomic E-state index is 12.9. The molecule has 1 heterocycles. The Morgan fingerprint density at radius 3 is 2.29 bits per heavy atom. The highest BCUT2D eigenvalue weighted by Crippen LogP contribution is 2.16. The van der Waals surface area contributed by atoms with E-state index in [0.29, 0.717) is 11.7 Å². The molecule has 0 aliphatic carbocycles. The zero-order valence-corrected chi connectivity index (χ0v) is 10.8. The van der Waals surface area contributed by atoms with Crippen molar-refractivity contribution >= 4 is 30.5 Å². The molecule has 0 spiro atoms. The Hall–Kier alpha value is -0.580. The summed E-state index contributed by atoms with van der Waals surface area (Å²) in [5, 5.41) is 6.45. The van der Waals surface area contributed by atoms with Crippen LogP contribution >= 0.6 is 24.8 Å². The summed E-state index contributed by atoms with van der Waals surface area (Å²) in [5.41, 5.74) is 0.654. The first kappa shape index (κ1) is 16.4. The molecule has 0 radical (unpaired) electrons. The summed E-state index contributed by atoms with van der Waals surface area (Å²) >= 11 is 0. The van der Waals surface area contributed by atoms with Crippen molar-refractivity contribution in [1.82, 2.24) is 5.32 Å². The molecule has 17 heavy (non-hydrogen) atoms. The van der Waals surface area contributed by atoms with E-state index in [9.17, 15) is 8.78 Å². The number of anilines is 1. The van der Waals surface area contributed by atoms with E-state index in [1.165, 1.54) is 6.07 Å². The first-order valence-electron chi connectivity index (χ1n) is 5.18. The molecule has 0 amide bonds. The lowest BCUT2D eigenvalue weighted by atomic mass is 10.1. The van der Waals surface area contributed by atoms with Gasteiger partial charge < -0.3 is 10.6 Å². The van der Waals surface area contributed by atoms with Gasteiger partial charge in [-0.05, 0) is 38.1 Å². The van der Waals surface area contributed by atoms with Crippen LogP contribution in [0.1, 0.15) is 12.8 Å². The first-order valence-corrected chi connectivity index (χ1v) is 5.18. The van der Waals surface area contributed by atoms with E-state index < -0.39 is 11.6 Å². The number of nitrogens with one attached hydrogen (secondary N) is 2. The summed E-state index contributed by atoms with van der Waals surface area (Å²) in [7, 11) is 0. The highest BCUT2D eigenvalue weighted by atomic mass is 35.5. The summed E-state index contributed by atoms with van der Waals surface area (Å²) < 4.78 is 25.6. The Morgan fingerprint density at radius 1 is 1.06 bits per heavy atom. The Labute approximate surface area is 112 Å². The number of halogens is 4. The van der Waals surface area contributed by atoms with Crippen molar-refractivity contribution in [1.29, 1.82) is 0 Å². The zero-order valence-electron chi connectivity index (χ0n) is 9.21. The van der Waals surface area contributed by atoms with Gasteiger partial charge in [-0.3, -0.25) is 0 Å². The van der Waals surface area contributed by atoms with E-state index in [2.05, 4.69) is 10.6 Å². The highest BCUT2D eigenvalue weighted by Gasteiger charge is 2.13. The van der Waals surface area contributed by atoms with Gasteiger partial charge in [0.25, 0.3) is 0 Å². The van der Waals surface area contributed by atoms with Gasteiger partial charge in [0.05, 0.1) is 0 Å². The summed E-state index contributed by atoms with van der Waals surface area (Å²) in [6.07, 6.45) is 2.03. The molecule has 2 N–H and O–H groups in total. The Bertz CT molecular complexity index is 344. The van der Waals surface area contributed by atoms with E-state index in [-0.39, 0.29) is 24.8 Å². The SMILES string of the molecule is Cl.Cl.Fc1ccc(NC2CCNCC2)cc1F. The van der Waals surface area contributed by atoms with Crippen LogP contribution < -0.4 is 10.6 Å². The van der Waals surface area contributed by atoms with Crippen LogP contribution in [0.25, 0.3) is 0 Å². The quantitative estimate of drug-likeness (QED) is 0.873. The van der Waals surface area contributed by atoms with Crippen LogP contribution in [0.2, 0.25) is 0 Å². The Kier molecular flexibility index (Phi) is 7.43. The van der Waals surface area contributed by atoms with Crippen molar-refractivity contribution < 1.29 is 8.78 Å². The van der Waals surface area contributed by atoms with Gasteiger partial charge in [-0.15, -0.1) is 24.8 Å². The molecule has 1 aromatic carbocycles. The zero-order chi connectivity index (χ0) is 10.7. The molecule has 98 valence electrons. The van der Waals surface area contributed by atoms with E-state index in [1.54, 1.807) is 6.07 Å². The van der Waals surface area contributed by atoms with Gasteiger partial charge in [0.2, 0.25) is 0 Å². The normalized spacial score (nSPS) is 15.6. The molecule has 1 aliphatic rings. The number of piperidine rings is 1. The van der Waals surface area contributed by atoms with Crippen molar-refractivity contribution in [2.45, 2.75) is 18.9 Å². The molecule has 2 nitrogen and oxygen atoms in total. The summed E-state index contributed by atoms with van der Waals surface area (Å²) in [5.74, 6) is -1.60. The summed E-state index contributed by atoms with van der Waals surface area (Å²) in [4.78, 5) is 0. The molecule has 1 fully saturated rings. The molecule has 0 unspecified atom stereocenters. The lowest BCUT2D eigenvalue weighted by Crippen LogP contribution is -2.35. The van der Waals surface area contributed by atoms with E-state index in [4.69, 9.17) is 0 Å². The second kappa shape index (κ2) is 7.69. The number of rotatable bonds is 2. The van der Waals surface area contributed by atoms with Crippen molar-refractivity contribution in [3.05, 3.63) is 29.8 Å². The second-order valence-corrected chi connectivity index (χ2v) is 3.80. The highest BCUT2D eigenvalue weighted by molar-refractivity contribution is 5.85. The van der Waals surface area contributed by atoms with Gasteiger partial charge in [-0.1, -0.05) is 0 Å².